The molecule has 0 radical (unpaired) electrons. The smallest absolute Gasteiger partial charge is 0.290 e. The summed E-state index contributed by atoms with van der Waals surface area (Å²) in [6.07, 6.45) is 0. The van der Waals surface area contributed by atoms with Crippen molar-refractivity contribution >= 4 is 23.0 Å². The van der Waals surface area contributed by atoms with Crippen LogP contribution in [0.2, 0.25) is 0 Å². The first-order valence-electron chi connectivity index (χ1n) is 8.16. The van der Waals surface area contributed by atoms with Crippen LogP contribution < -0.4 is 0 Å². The molecular formula is C19H20N2O4S. The van der Waals surface area contributed by atoms with Crippen LogP contribution >= 0.6 is 11.3 Å². The van der Waals surface area contributed by atoms with Gasteiger partial charge in [0, 0.05) is 13.1 Å². The fourth-order valence-electron chi connectivity index (χ4n) is 3.01. The minimum Gasteiger partial charge on any atom is -0.508 e. The van der Waals surface area contributed by atoms with Crippen molar-refractivity contribution in [3.8, 4) is 5.75 Å². The maximum atomic E-state index is 13.0. The number of hydrogen-bond acceptors (Lipinski definition) is 6. The zero-order chi connectivity index (χ0) is 18.8. The van der Waals surface area contributed by atoms with Crippen LogP contribution in [0, 0.1) is 0 Å². The monoisotopic (exact) mass is 372 g/mol. The molecule has 0 saturated carbocycles. The van der Waals surface area contributed by atoms with Crippen LogP contribution in [0.1, 0.15) is 21.3 Å². The number of amides is 1. The number of carbonyl (C=O) groups excluding carboxylic acids is 2. The average molecular weight is 372 g/mol. The molecule has 1 unspecified atom stereocenters. The van der Waals surface area contributed by atoms with E-state index in [2.05, 4.69) is 0 Å². The quantitative estimate of drug-likeness (QED) is 0.762. The van der Waals surface area contributed by atoms with E-state index in [4.69, 9.17) is 0 Å². The Hall–Kier alpha value is -2.64. The molecule has 26 heavy (non-hydrogen) atoms. The Labute approximate surface area is 155 Å². The number of rotatable bonds is 6. The Bertz CT molecular complexity index is 858. The first kappa shape index (κ1) is 18.2. The molecule has 0 saturated heterocycles. The molecule has 7 heteroatoms. The first-order valence-corrected chi connectivity index (χ1v) is 9.04. The van der Waals surface area contributed by atoms with E-state index in [1.54, 1.807) is 29.6 Å². The van der Waals surface area contributed by atoms with E-state index >= 15 is 0 Å². The predicted octanol–water partition coefficient (Wildman–Crippen LogP) is 2.59. The Balaban J connectivity index is 2.06. The normalized spacial score (nSPS) is 17.4. The molecule has 6 nitrogen and oxygen atoms in total. The number of benzene rings is 1. The fraction of sp³-hybridized carbons (Fsp3) is 0.263. The number of phenols is 1. The summed E-state index contributed by atoms with van der Waals surface area (Å²) in [5.41, 5.74) is 0.642. The van der Waals surface area contributed by atoms with Crippen molar-refractivity contribution in [3.63, 3.8) is 0 Å². The number of thiophene rings is 1. The van der Waals surface area contributed by atoms with Crippen molar-refractivity contribution in [2.75, 3.05) is 27.2 Å². The van der Waals surface area contributed by atoms with E-state index in [9.17, 15) is 19.8 Å². The third-order valence-electron chi connectivity index (χ3n) is 4.27. The molecule has 1 amide bonds. The lowest BCUT2D eigenvalue weighted by Gasteiger charge is -2.28. The summed E-state index contributed by atoms with van der Waals surface area (Å²) in [6, 6.07) is 9.11. The number of nitrogens with zero attached hydrogens (tertiary/aromatic N) is 2. The van der Waals surface area contributed by atoms with E-state index in [-0.39, 0.29) is 17.1 Å². The third-order valence-corrected chi connectivity index (χ3v) is 5.14. The molecule has 1 atom stereocenters. The van der Waals surface area contributed by atoms with E-state index in [1.807, 2.05) is 19.0 Å². The van der Waals surface area contributed by atoms with E-state index in [0.29, 0.717) is 23.5 Å². The first-order chi connectivity index (χ1) is 12.4. The van der Waals surface area contributed by atoms with Crippen LogP contribution in [0.3, 0.4) is 0 Å². The summed E-state index contributed by atoms with van der Waals surface area (Å²) in [5.74, 6) is -1.42. The molecule has 1 aliphatic heterocycles. The number of ketones is 1. The van der Waals surface area contributed by atoms with Crippen molar-refractivity contribution < 1.29 is 19.8 Å². The van der Waals surface area contributed by atoms with Gasteiger partial charge in [-0.3, -0.25) is 9.59 Å². The predicted molar refractivity (Wildman–Crippen MR) is 99.4 cm³/mol. The molecule has 136 valence electrons. The largest absolute Gasteiger partial charge is 0.508 e. The molecule has 0 aliphatic carbocycles. The van der Waals surface area contributed by atoms with Crippen LogP contribution in [-0.2, 0) is 4.79 Å². The number of aliphatic hydroxyl groups is 1. The van der Waals surface area contributed by atoms with Crippen molar-refractivity contribution in [2.45, 2.75) is 6.04 Å². The molecule has 2 heterocycles. The van der Waals surface area contributed by atoms with Gasteiger partial charge in [0.25, 0.3) is 5.91 Å². The van der Waals surface area contributed by atoms with E-state index < -0.39 is 17.7 Å². The number of aromatic hydroxyl groups is 1. The van der Waals surface area contributed by atoms with Gasteiger partial charge in [0.15, 0.2) is 5.76 Å². The van der Waals surface area contributed by atoms with Crippen LogP contribution in [0.5, 0.6) is 5.75 Å². The number of aliphatic hydroxyl groups excluding tert-OH is 1. The highest BCUT2D eigenvalue weighted by Crippen LogP contribution is 2.40. The van der Waals surface area contributed by atoms with Gasteiger partial charge in [0.05, 0.1) is 16.5 Å². The standard InChI is InChI=1S/C19H20N2O4S/c1-20(2)8-9-21-16(12-5-3-6-13(22)11-12)15(18(24)19(21)25)17(23)14-7-4-10-26-14/h3-7,10-11,16,22,24H,8-9H2,1-2H3. The maximum Gasteiger partial charge on any atom is 0.290 e. The molecular weight excluding hydrogens is 352 g/mol. The van der Waals surface area contributed by atoms with Gasteiger partial charge in [0.1, 0.15) is 5.75 Å². The van der Waals surface area contributed by atoms with Gasteiger partial charge in [-0.2, -0.15) is 0 Å². The van der Waals surface area contributed by atoms with Crippen LogP contribution in [0.4, 0.5) is 0 Å². The number of carbonyl (C=O) groups is 2. The molecule has 0 spiro atoms. The van der Waals surface area contributed by atoms with Crippen molar-refractivity contribution in [3.05, 3.63) is 63.6 Å². The fourth-order valence-corrected chi connectivity index (χ4v) is 3.68. The zero-order valence-corrected chi connectivity index (χ0v) is 15.4. The van der Waals surface area contributed by atoms with Gasteiger partial charge in [-0.05, 0) is 43.2 Å². The second-order valence-corrected chi connectivity index (χ2v) is 7.32. The Kier molecular flexibility index (Phi) is 5.11. The summed E-state index contributed by atoms with van der Waals surface area (Å²) in [6.45, 7) is 0.923. The highest BCUT2D eigenvalue weighted by molar-refractivity contribution is 7.12. The molecule has 1 aliphatic rings. The molecule has 2 N–H and O–H groups in total. The summed E-state index contributed by atoms with van der Waals surface area (Å²) in [7, 11) is 3.77. The van der Waals surface area contributed by atoms with E-state index in [0.717, 1.165) is 0 Å². The molecule has 2 aromatic rings. The molecule has 3 rings (SSSR count). The van der Waals surface area contributed by atoms with Crippen molar-refractivity contribution in [1.29, 1.82) is 0 Å². The molecule has 0 bridgehead atoms. The highest BCUT2D eigenvalue weighted by atomic mass is 32.1. The number of Topliss-reactive ketones (excluding diaryl/α,β-unsaturated/α-hetero) is 1. The number of phenolic OH excluding ortho intramolecular Hbond substituents is 1. The third kappa shape index (κ3) is 3.36. The molecule has 0 fully saturated rings. The lowest BCUT2D eigenvalue weighted by molar-refractivity contribution is -0.129. The highest BCUT2D eigenvalue weighted by Gasteiger charge is 2.43. The van der Waals surface area contributed by atoms with Gasteiger partial charge in [0.2, 0.25) is 5.78 Å². The number of hydrogen-bond donors (Lipinski definition) is 2. The van der Waals surface area contributed by atoms with Gasteiger partial charge in [-0.25, -0.2) is 0 Å². The summed E-state index contributed by atoms with van der Waals surface area (Å²) in [5, 5.41) is 22.1. The van der Waals surface area contributed by atoms with Crippen molar-refractivity contribution in [1.82, 2.24) is 9.80 Å². The van der Waals surface area contributed by atoms with E-state index in [1.165, 1.54) is 28.4 Å². The lowest BCUT2D eigenvalue weighted by Crippen LogP contribution is -2.36. The average Bonchev–Trinajstić information content (AvgIpc) is 3.21. The Morgan fingerprint density at radius 3 is 2.62 bits per heavy atom. The summed E-state index contributed by atoms with van der Waals surface area (Å²) in [4.78, 5) is 29.5. The molecule has 1 aromatic carbocycles. The Morgan fingerprint density at radius 1 is 1.23 bits per heavy atom. The number of likely N-dealkylation sites (N-methyl/N-ethyl adjacent to an activating group) is 1. The van der Waals surface area contributed by atoms with Crippen LogP contribution in [-0.4, -0.2) is 58.9 Å². The maximum absolute atomic E-state index is 13.0. The van der Waals surface area contributed by atoms with Gasteiger partial charge in [-0.15, -0.1) is 11.3 Å². The van der Waals surface area contributed by atoms with Crippen LogP contribution in [0.25, 0.3) is 0 Å². The van der Waals surface area contributed by atoms with Crippen molar-refractivity contribution in [2.24, 2.45) is 0 Å². The lowest BCUT2D eigenvalue weighted by atomic mass is 9.95. The second-order valence-electron chi connectivity index (χ2n) is 6.37. The van der Waals surface area contributed by atoms with Crippen LogP contribution in [0.15, 0.2) is 53.1 Å². The minimum atomic E-state index is -0.732. The topological polar surface area (TPSA) is 81.1 Å². The summed E-state index contributed by atoms with van der Waals surface area (Å²) >= 11 is 1.26. The second kappa shape index (κ2) is 7.31. The zero-order valence-electron chi connectivity index (χ0n) is 14.5. The summed E-state index contributed by atoms with van der Waals surface area (Å²) < 4.78 is 0. The SMILES string of the molecule is CN(C)CCN1C(=O)C(O)=C(C(=O)c2cccs2)C1c1cccc(O)c1. The van der Waals surface area contributed by atoms with Gasteiger partial charge < -0.3 is 20.0 Å². The minimum absolute atomic E-state index is 0.0387. The van der Waals surface area contributed by atoms with Gasteiger partial charge in [-0.1, -0.05) is 18.2 Å². The van der Waals surface area contributed by atoms with Gasteiger partial charge >= 0.3 is 0 Å². The molecule has 1 aromatic heterocycles. The Morgan fingerprint density at radius 2 is 2.00 bits per heavy atom.